The standard InChI is InChI=1S/C21H24N4O6/c1-30-18-10-14(6-8-16(18)26)12-22-24-20(28)4-3-5-21(29)25-23-13-15-7-9-17(27)19(11-15)31-2/h6-13,26-27H,3-5H2,1-2H3,(H,24,28)(H,25,29)/b22-12+,23-13+. The van der Waals surface area contributed by atoms with Crippen molar-refractivity contribution in [1.82, 2.24) is 10.9 Å². The Balaban J connectivity index is 1.69. The molecule has 0 spiro atoms. The normalized spacial score (nSPS) is 10.9. The highest BCUT2D eigenvalue weighted by Gasteiger charge is 2.05. The van der Waals surface area contributed by atoms with E-state index in [-0.39, 0.29) is 36.2 Å². The number of methoxy groups -OCH3 is 2. The van der Waals surface area contributed by atoms with Crippen molar-refractivity contribution in [2.45, 2.75) is 19.3 Å². The number of aromatic hydroxyl groups is 2. The van der Waals surface area contributed by atoms with Crippen molar-refractivity contribution in [3.05, 3.63) is 47.5 Å². The van der Waals surface area contributed by atoms with Crippen LogP contribution in [0, 0.1) is 0 Å². The molecule has 10 heteroatoms. The Hall–Kier alpha value is -4.08. The summed E-state index contributed by atoms with van der Waals surface area (Å²) in [5, 5.41) is 26.7. The molecule has 0 aromatic heterocycles. The molecular formula is C21H24N4O6. The predicted octanol–water partition coefficient (Wildman–Crippen LogP) is 1.89. The molecule has 0 saturated carbocycles. The number of carbonyl (C=O) groups is 2. The third-order valence-corrected chi connectivity index (χ3v) is 4.02. The number of nitrogens with zero attached hydrogens (tertiary/aromatic N) is 2. The van der Waals surface area contributed by atoms with Crippen molar-refractivity contribution in [2.75, 3.05) is 14.2 Å². The van der Waals surface area contributed by atoms with E-state index in [1.807, 2.05) is 0 Å². The molecule has 0 aliphatic heterocycles. The quantitative estimate of drug-likeness (QED) is 0.336. The molecule has 4 N–H and O–H groups in total. The second-order valence-corrected chi connectivity index (χ2v) is 6.30. The van der Waals surface area contributed by atoms with Gasteiger partial charge in [0.15, 0.2) is 23.0 Å². The summed E-state index contributed by atoms with van der Waals surface area (Å²) in [6.45, 7) is 0. The molecule has 0 aliphatic carbocycles. The topological polar surface area (TPSA) is 142 Å². The third kappa shape index (κ3) is 7.69. The van der Waals surface area contributed by atoms with Crippen molar-refractivity contribution in [2.24, 2.45) is 10.2 Å². The number of hydrogen-bond acceptors (Lipinski definition) is 8. The molecule has 31 heavy (non-hydrogen) atoms. The van der Waals surface area contributed by atoms with Gasteiger partial charge in [-0.3, -0.25) is 9.59 Å². The molecule has 0 unspecified atom stereocenters. The second-order valence-electron chi connectivity index (χ2n) is 6.30. The number of nitrogens with one attached hydrogen (secondary N) is 2. The number of carbonyl (C=O) groups excluding carboxylic acids is 2. The average Bonchev–Trinajstić information content (AvgIpc) is 2.76. The van der Waals surface area contributed by atoms with Crippen LogP contribution in [0.1, 0.15) is 30.4 Å². The Morgan fingerprint density at radius 2 is 1.26 bits per heavy atom. The summed E-state index contributed by atoms with van der Waals surface area (Å²) in [6, 6.07) is 9.30. The van der Waals surface area contributed by atoms with Gasteiger partial charge < -0.3 is 19.7 Å². The van der Waals surface area contributed by atoms with Gasteiger partial charge in [0.05, 0.1) is 26.6 Å². The van der Waals surface area contributed by atoms with Gasteiger partial charge in [0.2, 0.25) is 11.8 Å². The van der Waals surface area contributed by atoms with Crippen LogP contribution in [0.5, 0.6) is 23.0 Å². The van der Waals surface area contributed by atoms with Gasteiger partial charge >= 0.3 is 0 Å². The summed E-state index contributed by atoms with van der Waals surface area (Å²) >= 11 is 0. The van der Waals surface area contributed by atoms with E-state index >= 15 is 0 Å². The maximum Gasteiger partial charge on any atom is 0.240 e. The van der Waals surface area contributed by atoms with E-state index in [2.05, 4.69) is 21.1 Å². The highest BCUT2D eigenvalue weighted by atomic mass is 16.5. The van der Waals surface area contributed by atoms with Crippen molar-refractivity contribution in [3.8, 4) is 23.0 Å². The van der Waals surface area contributed by atoms with Crippen LogP contribution >= 0.6 is 0 Å². The fourth-order valence-corrected chi connectivity index (χ4v) is 2.43. The first-order valence-electron chi connectivity index (χ1n) is 9.30. The van der Waals surface area contributed by atoms with Crippen LogP contribution in [-0.4, -0.2) is 48.7 Å². The fourth-order valence-electron chi connectivity index (χ4n) is 2.43. The first-order chi connectivity index (χ1) is 14.9. The lowest BCUT2D eigenvalue weighted by Crippen LogP contribution is -2.20. The van der Waals surface area contributed by atoms with Gasteiger partial charge in [0.1, 0.15) is 0 Å². The minimum absolute atomic E-state index is 0.00842. The van der Waals surface area contributed by atoms with Crippen molar-refractivity contribution < 1.29 is 29.3 Å². The Morgan fingerprint density at radius 1 is 0.839 bits per heavy atom. The smallest absolute Gasteiger partial charge is 0.240 e. The summed E-state index contributed by atoms with van der Waals surface area (Å²) in [4.78, 5) is 23.6. The third-order valence-electron chi connectivity index (χ3n) is 4.02. The van der Waals surface area contributed by atoms with Gasteiger partial charge in [-0.25, -0.2) is 10.9 Å². The van der Waals surface area contributed by atoms with Gasteiger partial charge in [-0.1, -0.05) is 0 Å². The number of hydrogen-bond donors (Lipinski definition) is 4. The number of hydrazone groups is 2. The van der Waals surface area contributed by atoms with E-state index < -0.39 is 0 Å². The van der Waals surface area contributed by atoms with E-state index in [0.717, 1.165) is 0 Å². The van der Waals surface area contributed by atoms with Gasteiger partial charge in [0.25, 0.3) is 0 Å². The van der Waals surface area contributed by atoms with Crippen molar-refractivity contribution in [3.63, 3.8) is 0 Å². The number of benzene rings is 2. The molecule has 2 aromatic rings. The van der Waals surface area contributed by atoms with Crippen LogP contribution in [0.15, 0.2) is 46.6 Å². The maximum atomic E-state index is 11.8. The molecule has 2 rings (SSSR count). The molecule has 0 radical (unpaired) electrons. The Morgan fingerprint density at radius 3 is 1.65 bits per heavy atom. The maximum absolute atomic E-state index is 11.8. The summed E-state index contributed by atoms with van der Waals surface area (Å²) in [6.07, 6.45) is 3.38. The molecule has 0 bridgehead atoms. The number of phenolic OH excluding ortho intramolecular Hbond substituents is 2. The highest BCUT2D eigenvalue weighted by Crippen LogP contribution is 2.26. The largest absolute Gasteiger partial charge is 0.504 e. The highest BCUT2D eigenvalue weighted by molar-refractivity contribution is 5.84. The zero-order valence-electron chi connectivity index (χ0n) is 17.2. The minimum Gasteiger partial charge on any atom is -0.504 e. The van der Waals surface area contributed by atoms with Crippen LogP contribution < -0.4 is 20.3 Å². The average molecular weight is 428 g/mol. The van der Waals surface area contributed by atoms with Crippen LogP contribution in [-0.2, 0) is 9.59 Å². The van der Waals surface area contributed by atoms with Gasteiger partial charge in [-0.15, -0.1) is 0 Å². The Bertz CT molecular complexity index is 897. The van der Waals surface area contributed by atoms with E-state index in [0.29, 0.717) is 29.0 Å². The molecule has 0 heterocycles. The molecule has 164 valence electrons. The Kier molecular flexibility index (Phi) is 8.84. The van der Waals surface area contributed by atoms with Crippen molar-refractivity contribution in [1.29, 1.82) is 0 Å². The monoisotopic (exact) mass is 428 g/mol. The van der Waals surface area contributed by atoms with Gasteiger partial charge in [0, 0.05) is 12.8 Å². The summed E-state index contributed by atoms with van der Waals surface area (Å²) in [5.41, 5.74) is 6.02. The van der Waals surface area contributed by atoms with Gasteiger partial charge in [-0.05, 0) is 53.9 Å². The molecule has 10 nitrogen and oxygen atoms in total. The number of amides is 2. The number of rotatable bonds is 10. The van der Waals surface area contributed by atoms with Crippen LogP contribution in [0.25, 0.3) is 0 Å². The van der Waals surface area contributed by atoms with E-state index in [1.165, 1.54) is 38.8 Å². The molecule has 0 saturated heterocycles. The van der Waals surface area contributed by atoms with E-state index in [4.69, 9.17) is 9.47 Å². The first-order valence-corrected chi connectivity index (χ1v) is 9.30. The minimum atomic E-state index is -0.338. The van der Waals surface area contributed by atoms with E-state index in [1.54, 1.807) is 24.3 Å². The zero-order chi connectivity index (χ0) is 22.6. The zero-order valence-corrected chi connectivity index (χ0v) is 17.2. The van der Waals surface area contributed by atoms with Gasteiger partial charge in [-0.2, -0.15) is 10.2 Å². The molecule has 0 fully saturated rings. The SMILES string of the molecule is COc1cc(/C=N/NC(=O)CCCC(=O)N/N=C/c2ccc(O)c(OC)c2)ccc1O. The Labute approximate surface area is 179 Å². The van der Waals surface area contributed by atoms with Crippen molar-refractivity contribution >= 4 is 24.2 Å². The summed E-state index contributed by atoms with van der Waals surface area (Å²) in [5.74, 6) is -0.0610. The van der Waals surface area contributed by atoms with E-state index in [9.17, 15) is 19.8 Å². The van der Waals surface area contributed by atoms with Crippen LogP contribution in [0.3, 0.4) is 0 Å². The molecule has 2 amide bonds. The number of phenols is 2. The molecule has 0 aliphatic rings. The summed E-state index contributed by atoms with van der Waals surface area (Å²) in [7, 11) is 2.87. The predicted molar refractivity (Wildman–Crippen MR) is 115 cm³/mol. The van der Waals surface area contributed by atoms with Crippen LogP contribution in [0.2, 0.25) is 0 Å². The lowest BCUT2D eigenvalue weighted by atomic mass is 10.2. The number of ether oxygens (including phenoxy) is 2. The lowest BCUT2D eigenvalue weighted by molar-refractivity contribution is -0.122. The summed E-state index contributed by atoms with van der Waals surface area (Å²) < 4.78 is 9.99. The molecule has 2 aromatic carbocycles. The first kappa shape index (κ1) is 23.2. The fraction of sp³-hybridized carbons (Fsp3) is 0.238. The molecular weight excluding hydrogens is 404 g/mol. The second kappa shape index (κ2) is 11.8. The molecule has 0 atom stereocenters. The lowest BCUT2D eigenvalue weighted by Gasteiger charge is -2.04. The van der Waals surface area contributed by atoms with Crippen LogP contribution in [0.4, 0.5) is 0 Å².